The van der Waals surface area contributed by atoms with E-state index in [2.05, 4.69) is 6.92 Å². The standard InChI is InChI=1S/C11H18OS/c1-2-3-4-5-6-8-12-11-7-9-13-10-11/h7,9-10H,2-6,8H2,1H3. The molecule has 1 aromatic heterocycles. The van der Waals surface area contributed by atoms with E-state index >= 15 is 0 Å². The second-order valence-corrected chi connectivity index (χ2v) is 4.00. The highest BCUT2D eigenvalue weighted by molar-refractivity contribution is 7.08. The van der Waals surface area contributed by atoms with Crippen LogP contribution in [-0.2, 0) is 0 Å². The van der Waals surface area contributed by atoms with Gasteiger partial charge in [-0.2, -0.15) is 0 Å². The Balaban J connectivity index is 1.90. The maximum absolute atomic E-state index is 5.54. The van der Waals surface area contributed by atoms with Crippen LogP contribution in [-0.4, -0.2) is 6.61 Å². The molecule has 0 aliphatic heterocycles. The van der Waals surface area contributed by atoms with Gasteiger partial charge in [-0.05, 0) is 17.9 Å². The fourth-order valence-electron chi connectivity index (χ4n) is 1.23. The van der Waals surface area contributed by atoms with Gasteiger partial charge < -0.3 is 4.74 Å². The van der Waals surface area contributed by atoms with E-state index in [4.69, 9.17) is 4.74 Å². The molecule has 0 aliphatic rings. The molecule has 0 amide bonds. The van der Waals surface area contributed by atoms with Crippen LogP contribution >= 0.6 is 11.3 Å². The molecule has 1 rings (SSSR count). The van der Waals surface area contributed by atoms with Gasteiger partial charge in [-0.3, -0.25) is 0 Å². The van der Waals surface area contributed by atoms with Crippen molar-refractivity contribution >= 4 is 11.3 Å². The van der Waals surface area contributed by atoms with Gasteiger partial charge in [0.05, 0.1) is 6.61 Å². The maximum atomic E-state index is 5.54. The zero-order valence-corrected chi connectivity index (χ0v) is 9.11. The SMILES string of the molecule is CCCCCCCOc1ccsc1. The van der Waals surface area contributed by atoms with Gasteiger partial charge in [0.25, 0.3) is 0 Å². The lowest BCUT2D eigenvalue weighted by atomic mass is 10.2. The van der Waals surface area contributed by atoms with Crippen LogP contribution in [0.2, 0.25) is 0 Å². The molecule has 0 N–H and O–H groups in total. The Morgan fingerprint density at radius 1 is 1.23 bits per heavy atom. The van der Waals surface area contributed by atoms with Gasteiger partial charge in [-0.1, -0.05) is 32.6 Å². The van der Waals surface area contributed by atoms with Gasteiger partial charge in [-0.25, -0.2) is 0 Å². The first-order valence-corrected chi connectivity index (χ1v) is 6.02. The first-order valence-electron chi connectivity index (χ1n) is 5.08. The molecule has 0 bridgehead atoms. The Kier molecular flexibility index (Phi) is 5.66. The quantitative estimate of drug-likeness (QED) is 0.599. The Labute approximate surface area is 84.7 Å². The summed E-state index contributed by atoms with van der Waals surface area (Å²) >= 11 is 1.69. The Morgan fingerprint density at radius 2 is 2.08 bits per heavy atom. The largest absolute Gasteiger partial charge is 0.493 e. The summed E-state index contributed by atoms with van der Waals surface area (Å²) in [7, 11) is 0. The van der Waals surface area contributed by atoms with Crippen LogP contribution in [0.4, 0.5) is 0 Å². The van der Waals surface area contributed by atoms with E-state index in [1.54, 1.807) is 11.3 Å². The molecule has 0 radical (unpaired) electrons. The molecule has 0 atom stereocenters. The minimum absolute atomic E-state index is 0.875. The summed E-state index contributed by atoms with van der Waals surface area (Å²) in [5.74, 6) is 1.03. The van der Waals surface area contributed by atoms with Crippen molar-refractivity contribution in [1.29, 1.82) is 0 Å². The molecule has 0 aromatic carbocycles. The summed E-state index contributed by atoms with van der Waals surface area (Å²) in [5.41, 5.74) is 0. The predicted molar refractivity (Wildman–Crippen MR) is 58.6 cm³/mol. The molecular formula is C11H18OS. The number of thiophene rings is 1. The Morgan fingerprint density at radius 3 is 2.77 bits per heavy atom. The highest BCUT2D eigenvalue weighted by Crippen LogP contribution is 2.15. The smallest absolute Gasteiger partial charge is 0.129 e. The third-order valence-electron chi connectivity index (χ3n) is 2.01. The zero-order valence-electron chi connectivity index (χ0n) is 8.29. The average Bonchev–Trinajstić information content (AvgIpc) is 2.63. The van der Waals surface area contributed by atoms with Crippen LogP contribution in [0, 0.1) is 0 Å². The molecule has 74 valence electrons. The first-order chi connectivity index (χ1) is 6.43. The Hall–Kier alpha value is -0.500. The van der Waals surface area contributed by atoms with Crippen molar-refractivity contribution in [1.82, 2.24) is 0 Å². The monoisotopic (exact) mass is 198 g/mol. The summed E-state index contributed by atoms with van der Waals surface area (Å²) in [6.45, 7) is 3.11. The predicted octanol–water partition coefficient (Wildman–Crippen LogP) is 4.10. The van der Waals surface area contributed by atoms with E-state index in [1.165, 1.54) is 32.1 Å². The minimum Gasteiger partial charge on any atom is -0.493 e. The molecule has 2 heteroatoms. The minimum atomic E-state index is 0.875. The lowest BCUT2D eigenvalue weighted by Crippen LogP contribution is -1.95. The molecule has 1 nitrogen and oxygen atoms in total. The van der Waals surface area contributed by atoms with E-state index in [0.717, 1.165) is 12.4 Å². The second-order valence-electron chi connectivity index (χ2n) is 3.22. The number of rotatable bonds is 7. The average molecular weight is 198 g/mol. The molecule has 0 unspecified atom stereocenters. The molecule has 0 spiro atoms. The third kappa shape index (κ3) is 4.94. The molecule has 0 saturated heterocycles. The maximum Gasteiger partial charge on any atom is 0.129 e. The number of hydrogen-bond acceptors (Lipinski definition) is 2. The van der Waals surface area contributed by atoms with Crippen molar-refractivity contribution in [2.24, 2.45) is 0 Å². The van der Waals surface area contributed by atoms with Gasteiger partial charge in [0, 0.05) is 5.38 Å². The molecule has 0 fully saturated rings. The highest BCUT2D eigenvalue weighted by Gasteiger charge is 1.92. The van der Waals surface area contributed by atoms with Crippen molar-refractivity contribution in [3.05, 3.63) is 16.8 Å². The van der Waals surface area contributed by atoms with E-state index < -0.39 is 0 Å². The van der Waals surface area contributed by atoms with Crippen LogP contribution in [0.3, 0.4) is 0 Å². The van der Waals surface area contributed by atoms with Crippen LogP contribution in [0.1, 0.15) is 39.0 Å². The first kappa shape index (κ1) is 10.6. The molecular weight excluding hydrogens is 180 g/mol. The van der Waals surface area contributed by atoms with Gasteiger partial charge in [0.1, 0.15) is 5.75 Å². The lowest BCUT2D eigenvalue weighted by Gasteiger charge is -2.02. The summed E-state index contributed by atoms with van der Waals surface area (Å²) in [6.07, 6.45) is 6.52. The van der Waals surface area contributed by atoms with Crippen molar-refractivity contribution in [2.45, 2.75) is 39.0 Å². The molecule has 0 saturated carbocycles. The van der Waals surface area contributed by atoms with Gasteiger partial charge >= 0.3 is 0 Å². The highest BCUT2D eigenvalue weighted by atomic mass is 32.1. The van der Waals surface area contributed by atoms with Gasteiger partial charge in [0.15, 0.2) is 0 Å². The lowest BCUT2D eigenvalue weighted by molar-refractivity contribution is 0.306. The van der Waals surface area contributed by atoms with Crippen molar-refractivity contribution in [3.63, 3.8) is 0 Å². The molecule has 0 aliphatic carbocycles. The van der Waals surface area contributed by atoms with E-state index in [1.807, 2.05) is 16.8 Å². The fraction of sp³-hybridized carbons (Fsp3) is 0.636. The van der Waals surface area contributed by atoms with E-state index in [9.17, 15) is 0 Å². The normalized spacial score (nSPS) is 10.2. The van der Waals surface area contributed by atoms with Crippen LogP contribution in [0.15, 0.2) is 16.8 Å². The summed E-state index contributed by atoms with van der Waals surface area (Å²) in [6, 6.07) is 2.02. The van der Waals surface area contributed by atoms with Gasteiger partial charge in [0.2, 0.25) is 0 Å². The van der Waals surface area contributed by atoms with Gasteiger partial charge in [-0.15, -0.1) is 11.3 Å². The topological polar surface area (TPSA) is 9.23 Å². The number of hydrogen-bond donors (Lipinski definition) is 0. The third-order valence-corrected chi connectivity index (χ3v) is 2.67. The van der Waals surface area contributed by atoms with Crippen LogP contribution in [0.5, 0.6) is 5.75 Å². The second kappa shape index (κ2) is 6.96. The van der Waals surface area contributed by atoms with Crippen LogP contribution in [0.25, 0.3) is 0 Å². The molecule has 13 heavy (non-hydrogen) atoms. The van der Waals surface area contributed by atoms with E-state index in [0.29, 0.717) is 0 Å². The summed E-state index contributed by atoms with van der Waals surface area (Å²) < 4.78 is 5.54. The summed E-state index contributed by atoms with van der Waals surface area (Å²) in [4.78, 5) is 0. The van der Waals surface area contributed by atoms with Crippen molar-refractivity contribution in [3.8, 4) is 5.75 Å². The zero-order chi connectivity index (χ0) is 9.36. The van der Waals surface area contributed by atoms with Crippen LogP contribution < -0.4 is 4.74 Å². The van der Waals surface area contributed by atoms with Crippen molar-refractivity contribution < 1.29 is 4.74 Å². The fourth-order valence-corrected chi connectivity index (χ4v) is 1.80. The molecule has 1 heterocycles. The molecule has 1 aromatic rings. The van der Waals surface area contributed by atoms with E-state index in [-0.39, 0.29) is 0 Å². The number of unbranched alkanes of at least 4 members (excludes halogenated alkanes) is 4. The Bertz CT molecular complexity index is 194. The van der Waals surface area contributed by atoms with Crippen molar-refractivity contribution in [2.75, 3.05) is 6.61 Å². The number of ether oxygens (including phenoxy) is 1. The summed E-state index contributed by atoms with van der Waals surface area (Å²) in [5, 5.41) is 4.10.